The van der Waals surface area contributed by atoms with Crippen LogP contribution in [0.5, 0.6) is 0 Å². The van der Waals surface area contributed by atoms with Crippen molar-refractivity contribution in [1.29, 1.82) is 0 Å². The molecule has 7 nitrogen and oxygen atoms in total. The number of carbonyl (C=O) groups excluding carboxylic acids is 1. The molecular formula is C19H27N5O2S. The average molecular weight is 390 g/mol. The first-order valence-corrected chi connectivity index (χ1v) is 10.3. The Balaban J connectivity index is 1.78. The number of nitrogens with one attached hydrogen (secondary N) is 1. The van der Waals surface area contributed by atoms with Gasteiger partial charge in [0.25, 0.3) is 0 Å². The van der Waals surface area contributed by atoms with Gasteiger partial charge in [-0.2, -0.15) is 0 Å². The van der Waals surface area contributed by atoms with Gasteiger partial charge in [-0.05, 0) is 25.0 Å². The standard InChI is InChI=1S/C19H27N5O2S/c1-14(2)15(3)20-17(25)13-27-19-22-21-18(23-9-11-26-12-10-23)24(19)16-7-5-4-6-8-16/h4-8,14-15H,9-13H2,1-3H3,(H,20,25). The number of thioether (sulfide) groups is 1. The Morgan fingerprint density at radius 3 is 2.56 bits per heavy atom. The maximum absolute atomic E-state index is 12.3. The molecule has 0 aliphatic carbocycles. The van der Waals surface area contributed by atoms with E-state index in [4.69, 9.17) is 4.74 Å². The summed E-state index contributed by atoms with van der Waals surface area (Å²) in [6.07, 6.45) is 0. The largest absolute Gasteiger partial charge is 0.378 e. The number of para-hydroxylation sites is 1. The fraction of sp³-hybridized carbons (Fsp3) is 0.526. The van der Waals surface area contributed by atoms with Gasteiger partial charge in [0.1, 0.15) is 0 Å². The molecule has 1 fully saturated rings. The molecule has 1 aromatic heterocycles. The summed E-state index contributed by atoms with van der Waals surface area (Å²) in [5.74, 6) is 1.52. The number of aromatic nitrogens is 3. The van der Waals surface area contributed by atoms with Crippen molar-refractivity contribution in [3.63, 3.8) is 0 Å². The lowest BCUT2D eigenvalue weighted by atomic mass is 10.1. The number of benzene rings is 1. The zero-order valence-corrected chi connectivity index (χ0v) is 16.9. The van der Waals surface area contributed by atoms with Crippen molar-refractivity contribution in [3.8, 4) is 5.69 Å². The average Bonchev–Trinajstić information content (AvgIpc) is 3.11. The predicted molar refractivity (Wildman–Crippen MR) is 108 cm³/mol. The molecule has 1 aliphatic heterocycles. The van der Waals surface area contributed by atoms with E-state index in [1.54, 1.807) is 0 Å². The van der Waals surface area contributed by atoms with Gasteiger partial charge >= 0.3 is 0 Å². The molecule has 1 aromatic carbocycles. The number of ether oxygens (including phenoxy) is 1. The van der Waals surface area contributed by atoms with Crippen LogP contribution in [0.4, 0.5) is 5.95 Å². The van der Waals surface area contributed by atoms with Crippen molar-refractivity contribution in [2.45, 2.75) is 32.0 Å². The van der Waals surface area contributed by atoms with Crippen molar-refractivity contribution >= 4 is 23.6 Å². The van der Waals surface area contributed by atoms with E-state index < -0.39 is 0 Å². The van der Waals surface area contributed by atoms with Crippen LogP contribution in [-0.2, 0) is 9.53 Å². The van der Waals surface area contributed by atoms with E-state index in [1.807, 2.05) is 41.8 Å². The summed E-state index contributed by atoms with van der Waals surface area (Å²) in [7, 11) is 0. The van der Waals surface area contributed by atoms with E-state index in [0.717, 1.165) is 29.9 Å². The Morgan fingerprint density at radius 2 is 1.89 bits per heavy atom. The minimum atomic E-state index is 0.0109. The van der Waals surface area contributed by atoms with Crippen molar-refractivity contribution in [1.82, 2.24) is 20.1 Å². The molecule has 27 heavy (non-hydrogen) atoms. The zero-order chi connectivity index (χ0) is 19.2. The second kappa shape index (κ2) is 9.23. The highest BCUT2D eigenvalue weighted by Crippen LogP contribution is 2.27. The second-order valence-corrected chi connectivity index (χ2v) is 7.88. The number of hydrogen-bond donors (Lipinski definition) is 1. The Labute approximate surface area is 164 Å². The normalized spacial score (nSPS) is 15.8. The van der Waals surface area contributed by atoms with Crippen molar-refractivity contribution in [3.05, 3.63) is 30.3 Å². The lowest BCUT2D eigenvalue weighted by molar-refractivity contribution is -0.119. The van der Waals surface area contributed by atoms with Gasteiger partial charge in [0.2, 0.25) is 11.9 Å². The number of anilines is 1. The van der Waals surface area contributed by atoms with Gasteiger partial charge in [0.05, 0.1) is 24.7 Å². The zero-order valence-electron chi connectivity index (χ0n) is 16.1. The molecular weight excluding hydrogens is 362 g/mol. The van der Waals surface area contributed by atoms with Crippen LogP contribution in [0.3, 0.4) is 0 Å². The molecule has 1 N–H and O–H groups in total. The van der Waals surface area contributed by atoms with Gasteiger partial charge in [-0.25, -0.2) is 0 Å². The van der Waals surface area contributed by atoms with E-state index in [2.05, 4.69) is 34.3 Å². The first-order valence-electron chi connectivity index (χ1n) is 9.32. The van der Waals surface area contributed by atoms with Crippen LogP contribution in [0, 0.1) is 5.92 Å². The SMILES string of the molecule is CC(C)C(C)NC(=O)CSc1nnc(N2CCOCC2)n1-c1ccccc1. The highest BCUT2D eigenvalue weighted by atomic mass is 32.2. The lowest BCUT2D eigenvalue weighted by Gasteiger charge is -2.27. The summed E-state index contributed by atoms with van der Waals surface area (Å²) in [5.41, 5.74) is 0.988. The van der Waals surface area contributed by atoms with Gasteiger partial charge < -0.3 is 15.0 Å². The highest BCUT2D eigenvalue weighted by molar-refractivity contribution is 7.99. The van der Waals surface area contributed by atoms with Gasteiger partial charge in [-0.3, -0.25) is 9.36 Å². The monoisotopic (exact) mass is 389 g/mol. The summed E-state index contributed by atoms with van der Waals surface area (Å²) in [6, 6.07) is 10.2. The fourth-order valence-electron chi connectivity index (χ4n) is 2.72. The summed E-state index contributed by atoms with van der Waals surface area (Å²) in [6.45, 7) is 9.14. The van der Waals surface area contributed by atoms with Crippen LogP contribution in [0.1, 0.15) is 20.8 Å². The number of rotatable bonds is 7. The summed E-state index contributed by atoms with van der Waals surface area (Å²) in [5, 5.41) is 12.5. The van der Waals surface area contributed by atoms with Crippen molar-refractivity contribution in [2.24, 2.45) is 5.92 Å². The topological polar surface area (TPSA) is 72.3 Å². The van der Waals surface area contributed by atoms with Crippen LogP contribution < -0.4 is 10.2 Å². The predicted octanol–water partition coefficient (Wildman–Crippen LogP) is 2.36. The van der Waals surface area contributed by atoms with E-state index in [0.29, 0.717) is 24.9 Å². The molecule has 0 bridgehead atoms. The number of carbonyl (C=O) groups is 1. The fourth-order valence-corrected chi connectivity index (χ4v) is 3.48. The Hall–Kier alpha value is -2.06. The molecule has 1 saturated heterocycles. The molecule has 3 rings (SSSR count). The third kappa shape index (κ3) is 5.01. The van der Waals surface area contributed by atoms with Gasteiger partial charge in [-0.15, -0.1) is 10.2 Å². The van der Waals surface area contributed by atoms with E-state index in [1.165, 1.54) is 11.8 Å². The molecule has 0 radical (unpaired) electrons. The minimum Gasteiger partial charge on any atom is -0.378 e. The Kier molecular flexibility index (Phi) is 6.73. The molecule has 0 saturated carbocycles. The number of nitrogens with zero attached hydrogens (tertiary/aromatic N) is 4. The van der Waals surface area contributed by atoms with Crippen molar-refractivity contribution in [2.75, 3.05) is 37.0 Å². The Bertz CT molecular complexity index is 744. The van der Waals surface area contributed by atoms with Crippen LogP contribution >= 0.6 is 11.8 Å². The smallest absolute Gasteiger partial charge is 0.232 e. The molecule has 0 spiro atoms. The lowest BCUT2D eigenvalue weighted by Crippen LogP contribution is -2.38. The molecule has 2 heterocycles. The third-order valence-corrected chi connectivity index (χ3v) is 5.57. The van der Waals surface area contributed by atoms with Gasteiger partial charge in [0.15, 0.2) is 5.16 Å². The molecule has 146 valence electrons. The van der Waals surface area contributed by atoms with Crippen LogP contribution in [-0.4, -0.2) is 58.8 Å². The van der Waals surface area contributed by atoms with Crippen LogP contribution in [0.25, 0.3) is 5.69 Å². The van der Waals surface area contributed by atoms with Crippen LogP contribution in [0.15, 0.2) is 35.5 Å². The van der Waals surface area contributed by atoms with Gasteiger partial charge in [-0.1, -0.05) is 43.8 Å². The summed E-state index contributed by atoms with van der Waals surface area (Å²) >= 11 is 1.41. The third-order valence-electron chi connectivity index (χ3n) is 4.65. The van der Waals surface area contributed by atoms with Crippen molar-refractivity contribution < 1.29 is 9.53 Å². The number of morpholine rings is 1. The van der Waals surface area contributed by atoms with E-state index >= 15 is 0 Å². The molecule has 2 aromatic rings. The highest BCUT2D eigenvalue weighted by Gasteiger charge is 2.22. The number of hydrogen-bond acceptors (Lipinski definition) is 6. The first-order chi connectivity index (χ1) is 13.1. The molecule has 1 amide bonds. The van der Waals surface area contributed by atoms with E-state index in [9.17, 15) is 4.79 Å². The van der Waals surface area contributed by atoms with Gasteiger partial charge in [0, 0.05) is 19.1 Å². The number of amides is 1. The maximum Gasteiger partial charge on any atom is 0.232 e. The first kappa shape index (κ1) is 19.7. The quantitative estimate of drug-likeness (QED) is 0.733. The molecule has 1 atom stereocenters. The maximum atomic E-state index is 12.3. The minimum absolute atomic E-state index is 0.0109. The van der Waals surface area contributed by atoms with E-state index in [-0.39, 0.29) is 11.9 Å². The molecule has 1 aliphatic rings. The molecule has 8 heteroatoms. The van der Waals surface area contributed by atoms with Crippen LogP contribution in [0.2, 0.25) is 0 Å². The summed E-state index contributed by atoms with van der Waals surface area (Å²) in [4.78, 5) is 14.4. The summed E-state index contributed by atoms with van der Waals surface area (Å²) < 4.78 is 7.47. The Morgan fingerprint density at radius 1 is 1.19 bits per heavy atom. The molecule has 1 unspecified atom stereocenters. The second-order valence-electron chi connectivity index (χ2n) is 6.94.